The minimum absolute atomic E-state index is 0.0328. The van der Waals surface area contributed by atoms with Gasteiger partial charge in [-0.3, -0.25) is 9.59 Å². The zero-order valence-electron chi connectivity index (χ0n) is 12.9. The van der Waals surface area contributed by atoms with Crippen LogP contribution in [-0.2, 0) is 9.59 Å². The third-order valence-electron chi connectivity index (χ3n) is 3.76. The van der Waals surface area contributed by atoms with Gasteiger partial charge in [0.25, 0.3) is 0 Å². The Morgan fingerprint density at radius 2 is 2.05 bits per heavy atom. The lowest BCUT2D eigenvalue weighted by atomic mass is 10.1. The zero-order valence-corrected chi connectivity index (χ0v) is 13.6. The topological polar surface area (TPSA) is 49.4 Å². The van der Waals surface area contributed by atoms with Crippen molar-refractivity contribution in [2.24, 2.45) is 5.92 Å². The van der Waals surface area contributed by atoms with E-state index in [1.54, 1.807) is 17.0 Å². The van der Waals surface area contributed by atoms with Gasteiger partial charge in [0.15, 0.2) is 0 Å². The molecule has 21 heavy (non-hydrogen) atoms. The number of aryl methyl sites for hydroxylation is 1. The number of hydrogen-bond donors (Lipinski definition) is 1. The maximum absolute atomic E-state index is 12.4. The molecule has 1 aromatic carbocycles. The summed E-state index contributed by atoms with van der Waals surface area (Å²) in [6.45, 7) is 8.31. The molecular formula is C16H21ClN2O2. The summed E-state index contributed by atoms with van der Waals surface area (Å²) in [5.41, 5.74) is 1.40. The smallest absolute Gasteiger partial charge is 0.229 e. The highest BCUT2D eigenvalue weighted by molar-refractivity contribution is 6.31. The number of rotatable bonds is 2. The second-order valence-corrected chi connectivity index (χ2v) is 6.96. The van der Waals surface area contributed by atoms with Crippen LogP contribution in [0.15, 0.2) is 18.2 Å². The Bertz CT molecular complexity index is 578. The minimum atomic E-state index is -0.310. The van der Waals surface area contributed by atoms with Gasteiger partial charge in [0, 0.05) is 29.2 Å². The van der Waals surface area contributed by atoms with Crippen LogP contribution in [0.1, 0.15) is 32.8 Å². The van der Waals surface area contributed by atoms with Crippen molar-refractivity contribution in [2.45, 2.75) is 39.7 Å². The lowest BCUT2D eigenvalue weighted by molar-refractivity contribution is -0.131. The van der Waals surface area contributed by atoms with Crippen molar-refractivity contribution >= 4 is 29.1 Å². The van der Waals surface area contributed by atoms with Crippen molar-refractivity contribution in [1.82, 2.24) is 4.90 Å². The molecule has 4 nitrogen and oxygen atoms in total. The summed E-state index contributed by atoms with van der Waals surface area (Å²) >= 11 is 5.95. The highest BCUT2D eigenvalue weighted by Crippen LogP contribution is 2.27. The summed E-state index contributed by atoms with van der Waals surface area (Å²) in [5, 5.41) is 3.46. The number of amides is 2. The van der Waals surface area contributed by atoms with Gasteiger partial charge in [-0.05, 0) is 45.4 Å². The Labute approximate surface area is 130 Å². The summed E-state index contributed by atoms with van der Waals surface area (Å²) in [7, 11) is 0. The van der Waals surface area contributed by atoms with E-state index < -0.39 is 0 Å². The van der Waals surface area contributed by atoms with Gasteiger partial charge in [-0.1, -0.05) is 17.7 Å². The second-order valence-electron chi connectivity index (χ2n) is 6.52. The van der Waals surface area contributed by atoms with Crippen LogP contribution < -0.4 is 5.32 Å². The van der Waals surface area contributed by atoms with Gasteiger partial charge in [0.1, 0.15) is 0 Å². The molecular weight excluding hydrogens is 288 g/mol. The van der Waals surface area contributed by atoms with Crippen LogP contribution in [0.5, 0.6) is 0 Å². The van der Waals surface area contributed by atoms with E-state index in [-0.39, 0.29) is 29.7 Å². The molecule has 1 aliphatic rings. The predicted molar refractivity (Wildman–Crippen MR) is 84.4 cm³/mol. The number of likely N-dealkylation sites (tertiary alicyclic amines) is 1. The van der Waals surface area contributed by atoms with Crippen LogP contribution in [0.2, 0.25) is 5.02 Å². The first-order valence-electron chi connectivity index (χ1n) is 7.06. The molecule has 0 saturated carbocycles. The lowest BCUT2D eigenvalue weighted by Crippen LogP contribution is -2.42. The van der Waals surface area contributed by atoms with Crippen molar-refractivity contribution in [3.63, 3.8) is 0 Å². The normalized spacial score (nSPS) is 19.0. The summed E-state index contributed by atoms with van der Waals surface area (Å²) in [6, 6.07) is 5.37. The van der Waals surface area contributed by atoms with Crippen LogP contribution >= 0.6 is 11.6 Å². The van der Waals surface area contributed by atoms with Crippen molar-refractivity contribution in [3.05, 3.63) is 28.8 Å². The molecule has 1 N–H and O–H groups in total. The average Bonchev–Trinajstić information content (AvgIpc) is 2.76. The van der Waals surface area contributed by atoms with Crippen LogP contribution in [0.3, 0.4) is 0 Å². The number of benzene rings is 1. The third-order valence-corrected chi connectivity index (χ3v) is 4.00. The molecule has 0 aromatic heterocycles. The number of hydrogen-bond acceptors (Lipinski definition) is 2. The highest BCUT2D eigenvalue weighted by atomic mass is 35.5. The van der Waals surface area contributed by atoms with Gasteiger partial charge in [-0.25, -0.2) is 0 Å². The van der Waals surface area contributed by atoms with Crippen molar-refractivity contribution in [1.29, 1.82) is 0 Å². The number of nitrogens with one attached hydrogen (secondary N) is 1. The van der Waals surface area contributed by atoms with Gasteiger partial charge in [0.2, 0.25) is 11.8 Å². The Hall–Kier alpha value is -1.55. The van der Waals surface area contributed by atoms with Gasteiger partial charge in [-0.2, -0.15) is 0 Å². The van der Waals surface area contributed by atoms with Gasteiger partial charge in [-0.15, -0.1) is 0 Å². The Morgan fingerprint density at radius 3 is 2.62 bits per heavy atom. The molecule has 1 aliphatic heterocycles. The molecule has 114 valence electrons. The third kappa shape index (κ3) is 3.56. The first-order chi connectivity index (χ1) is 9.68. The van der Waals surface area contributed by atoms with Crippen molar-refractivity contribution in [3.8, 4) is 0 Å². The monoisotopic (exact) mass is 308 g/mol. The first-order valence-corrected chi connectivity index (χ1v) is 7.44. The van der Waals surface area contributed by atoms with Crippen LogP contribution in [0.4, 0.5) is 5.69 Å². The fraction of sp³-hybridized carbons (Fsp3) is 0.500. The molecule has 2 amide bonds. The van der Waals surface area contributed by atoms with E-state index in [4.69, 9.17) is 11.6 Å². The van der Waals surface area contributed by atoms with E-state index in [2.05, 4.69) is 5.32 Å². The molecule has 1 heterocycles. The maximum atomic E-state index is 12.4. The largest absolute Gasteiger partial charge is 0.337 e. The number of halogens is 1. The molecule has 0 radical (unpaired) electrons. The van der Waals surface area contributed by atoms with Crippen molar-refractivity contribution < 1.29 is 9.59 Å². The standard InChI is InChI=1S/C16H21ClN2O2/c1-10-5-6-12(17)8-13(10)18-15(21)11-7-14(20)19(9-11)16(2,3)4/h5-6,8,11H,7,9H2,1-4H3,(H,18,21). The van der Waals surface area contributed by atoms with E-state index in [9.17, 15) is 9.59 Å². The highest BCUT2D eigenvalue weighted by Gasteiger charge is 2.39. The summed E-state index contributed by atoms with van der Waals surface area (Å²) < 4.78 is 0. The van der Waals surface area contributed by atoms with Crippen LogP contribution in [-0.4, -0.2) is 28.8 Å². The van der Waals surface area contributed by atoms with E-state index >= 15 is 0 Å². The Balaban J connectivity index is 2.09. The molecule has 0 bridgehead atoms. The lowest BCUT2D eigenvalue weighted by Gasteiger charge is -2.31. The van der Waals surface area contributed by atoms with E-state index in [0.29, 0.717) is 17.3 Å². The minimum Gasteiger partial charge on any atom is -0.337 e. The van der Waals surface area contributed by atoms with Crippen LogP contribution in [0, 0.1) is 12.8 Å². The number of carbonyl (C=O) groups excluding carboxylic acids is 2. The number of anilines is 1. The Morgan fingerprint density at radius 1 is 1.38 bits per heavy atom. The van der Waals surface area contributed by atoms with Gasteiger partial charge >= 0.3 is 0 Å². The fourth-order valence-corrected chi connectivity index (χ4v) is 2.67. The molecule has 1 unspecified atom stereocenters. The predicted octanol–water partition coefficient (Wildman–Crippen LogP) is 3.23. The average molecular weight is 309 g/mol. The van der Waals surface area contributed by atoms with E-state index in [1.807, 2.05) is 33.8 Å². The Kier molecular flexibility index (Phi) is 4.28. The molecule has 1 atom stereocenters. The van der Waals surface area contributed by atoms with Gasteiger partial charge < -0.3 is 10.2 Å². The molecule has 1 fully saturated rings. The first kappa shape index (κ1) is 15.8. The summed E-state index contributed by atoms with van der Waals surface area (Å²) in [4.78, 5) is 26.2. The molecule has 0 aliphatic carbocycles. The molecule has 1 aromatic rings. The SMILES string of the molecule is Cc1ccc(Cl)cc1NC(=O)C1CC(=O)N(C(C)(C)C)C1. The summed E-state index contributed by atoms with van der Waals surface area (Å²) in [6.07, 6.45) is 0.267. The quantitative estimate of drug-likeness (QED) is 0.912. The molecule has 5 heteroatoms. The number of nitrogens with zero attached hydrogens (tertiary/aromatic N) is 1. The summed E-state index contributed by atoms with van der Waals surface area (Å²) in [5.74, 6) is -0.402. The van der Waals surface area contributed by atoms with Crippen LogP contribution in [0.25, 0.3) is 0 Å². The molecule has 2 rings (SSSR count). The molecule has 0 spiro atoms. The second kappa shape index (κ2) is 5.68. The van der Waals surface area contributed by atoms with Crippen molar-refractivity contribution in [2.75, 3.05) is 11.9 Å². The zero-order chi connectivity index (χ0) is 15.8. The van der Waals surface area contributed by atoms with E-state index in [0.717, 1.165) is 5.56 Å². The maximum Gasteiger partial charge on any atom is 0.229 e. The number of carbonyl (C=O) groups is 2. The molecule has 1 saturated heterocycles. The van der Waals surface area contributed by atoms with Gasteiger partial charge in [0.05, 0.1) is 5.92 Å². The van der Waals surface area contributed by atoms with E-state index in [1.165, 1.54) is 0 Å². The fourth-order valence-electron chi connectivity index (χ4n) is 2.49.